The van der Waals surface area contributed by atoms with Crippen LogP contribution in [0.1, 0.15) is 104 Å². The molecular weight excluding hydrogens is 521 g/mol. The molecule has 0 spiro atoms. The van der Waals surface area contributed by atoms with Crippen molar-refractivity contribution in [2.75, 3.05) is 26.4 Å². The van der Waals surface area contributed by atoms with Crippen molar-refractivity contribution in [2.24, 2.45) is 0 Å². The fraction of sp³-hybridized carbons (Fsp3) is 0.724. The first-order valence-electron chi connectivity index (χ1n) is 14.5. The van der Waals surface area contributed by atoms with Gasteiger partial charge in [-0.1, -0.05) is 82.4 Å². The van der Waals surface area contributed by atoms with E-state index < -0.39 is 26.5 Å². The van der Waals surface area contributed by atoms with Gasteiger partial charge in [0.15, 0.2) is 0 Å². The maximum absolute atomic E-state index is 11.9. The highest BCUT2D eigenvalue weighted by Gasteiger charge is 2.23. The van der Waals surface area contributed by atoms with Gasteiger partial charge in [0.1, 0.15) is 12.7 Å². The highest BCUT2D eigenvalue weighted by Crippen LogP contribution is 2.42. The summed E-state index contributed by atoms with van der Waals surface area (Å²) in [5, 5.41) is 12.4. The van der Waals surface area contributed by atoms with Crippen LogP contribution in [0.4, 0.5) is 0 Å². The van der Waals surface area contributed by atoms with E-state index in [1.807, 2.05) is 6.92 Å². The number of hydrogen-bond acceptors (Lipinski definition) is 7. The molecule has 10 heteroatoms. The van der Waals surface area contributed by atoms with Crippen molar-refractivity contribution in [3.8, 4) is 0 Å². The number of rotatable bonds is 26. The number of esters is 1. The van der Waals surface area contributed by atoms with Crippen molar-refractivity contribution >= 4 is 19.7 Å². The number of nitrogens with one attached hydrogen (secondary N) is 1. The van der Waals surface area contributed by atoms with Crippen molar-refractivity contribution in [1.82, 2.24) is 5.32 Å². The second-order valence-electron chi connectivity index (χ2n) is 9.34. The molecule has 2 atom stereocenters. The molecule has 226 valence electrons. The first-order valence-corrected chi connectivity index (χ1v) is 16.0. The van der Waals surface area contributed by atoms with Gasteiger partial charge >= 0.3 is 13.8 Å². The number of phosphoric acid groups is 1. The maximum atomic E-state index is 11.9. The normalized spacial score (nSPS) is 14.3. The number of phosphoric ester groups is 1. The van der Waals surface area contributed by atoms with Crippen molar-refractivity contribution in [3.63, 3.8) is 0 Å². The van der Waals surface area contributed by atoms with E-state index in [0.717, 1.165) is 70.6 Å². The van der Waals surface area contributed by atoms with Crippen LogP contribution in [-0.2, 0) is 27.9 Å². The Bertz CT molecular complexity index is 754. The van der Waals surface area contributed by atoms with E-state index in [2.05, 4.69) is 48.7 Å². The van der Waals surface area contributed by atoms with Crippen molar-refractivity contribution in [2.45, 2.75) is 110 Å². The molecule has 0 radical (unpaired) electrons. The molecule has 0 saturated carbocycles. The standard InChI is InChI=1S/C29H52NO8P/c1-3-5-7-8-9-10-11-12-13-14-15-16-17-18-20-22-29(33)36-25-27(31)26-38-39(34,35)37-24-23-30-28(32)21-19-6-4-2/h5,7,9-10,12-13,27,31H,3-4,6,8,11,14-26H2,1-2H3,(H,30,32)(H,34,35)/b7-5-,10-9-,13-12-. The summed E-state index contributed by atoms with van der Waals surface area (Å²) in [5.41, 5.74) is 0. The lowest BCUT2D eigenvalue weighted by atomic mass is 10.1. The van der Waals surface area contributed by atoms with Gasteiger partial charge in [-0.25, -0.2) is 4.57 Å². The average Bonchev–Trinajstić information content (AvgIpc) is 2.91. The molecule has 0 aliphatic carbocycles. The van der Waals surface area contributed by atoms with E-state index >= 15 is 0 Å². The molecule has 0 aliphatic rings. The number of aliphatic hydroxyl groups excluding tert-OH is 1. The van der Waals surface area contributed by atoms with E-state index in [0.29, 0.717) is 12.8 Å². The van der Waals surface area contributed by atoms with Crippen LogP contribution in [0.25, 0.3) is 0 Å². The topological polar surface area (TPSA) is 131 Å². The predicted molar refractivity (Wildman–Crippen MR) is 155 cm³/mol. The minimum Gasteiger partial charge on any atom is -0.463 e. The third-order valence-electron chi connectivity index (χ3n) is 5.58. The van der Waals surface area contributed by atoms with Crippen molar-refractivity contribution < 1.29 is 37.9 Å². The summed E-state index contributed by atoms with van der Waals surface area (Å²) in [7, 11) is -4.39. The Morgan fingerprint density at radius 1 is 0.821 bits per heavy atom. The number of allylic oxidation sites excluding steroid dienone is 6. The van der Waals surface area contributed by atoms with Crippen LogP contribution in [0.15, 0.2) is 36.5 Å². The van der Waals surface area contributed by atoms with E-state index in [1.54, 1.807) is 0 Å². The van der Waals surface area contributed by atoms with Gasteiger partial charge in [-0.3, -0.25) is 18.6 Å². The fourth-order valence-corrected chi connectivity index (χ4v) is 4.15. The molecule has 3 N–H and O–H groups in total. The highest BCUT2D eigenvalue weighted by molar-refractivity contribution is 7.47. The van der Waals surface area contributed by atoms with Crippen LogP contribution < -0.4 is 5.32 Å². The largest absolute Gasteiger partial charge is 0.472 e. The van der Waals surface area contributed by atoms with Crippen LogP contribution in [0.5, 0.6) is 0 Å². The number of carbonyl (C=O) groups excluding carboxylic acids is 2. The minimum absolute atomic E-state index is 0.0749. The molecule has 0 aliphatic heterocycles. The summed E-state index contributed by atoms with van der Waals surface area (Å²) in [6, 6.07) is 0. The molecule has 2 unspecified atom stereocenters. The van der Waals surface area contributed by atoms with Gasteiger partial charge in [-0.05, 0) is 44.9 Å². The number of amides is 1. The lowest BCUT2D eigenvalue weighted by Crippen LogP contribution is -2.27. The monoisotopic (exact) mass is 573 g/mol. The number of aliphatic hydroxyl groups is 1. The number of ether oxygens (including phenoxy) is 1. The van der Waals surface area contributed by atoms with Gasteiger partial charge < -0.3 is 20.1 Å². The Balaban J connectivity index is 3.69. The fourth-order valence-electron chi connectivity index (χ4n) is 3.39. The van der Waals surface area contributed by atoms with Crippen LogP contribution in [0, 0.1) is 0 Å². The summed E-state index contributed by atoms with van der Waals surface area (Å²) in [4.78, 5) is 33.1. The SMILES string of the molecule is CC/C=C\C/C=C\C/C=C\CCCCCCCC(=O)OCC(O)COP(=O)(O)OCCNC(=O)CCCCC. The van der Waals surface area contributed by atoms with Crippen LogP contribution in [0.3, 0.4) is 0 Å². The second kappa shape index (κ2) is 26.5. The van der Waals surface area contributed by atoms with Crippen LogP contribution >= 0.6 is 7.82 Å². The number of unbranched alkanes of at least 4 members (excludes halogenated alkanes) is 7. The van der Waals surface area contributed by atoms with Gasteiger partial charge in [-0.2, -0.15) is 0 Å². The van der Waals surface area contributed by atoms with Gasteiger partial charge in [0.25, 0.3) is 0 Å². The molecule has 0 saturated heterocycles. The van der Waals surface area contributed by atoms with E-state index in [4.69, 9.17) is 13.8 Å². The molecule has 39 heavy (non-hydrogen) atoms. The summed E-state index contributed by atoms with van der Waals surface area (Å²) in [6.07, 6.45) is 24.4. The molecule has 0 fully saturated rings. The van der Waals surface area contributed by atoms with Gasteiger partial charge in [0.2, 0.25) is 5.91 Å². The number of hydrogen-bond donors (Lipinski definition) is 3. The van der Waals surface area contributed by atoms with Crippen molar-refractivity contribution in [1.29, 1.82) is 0 Å². The van der Waals surface area contributed by atoms with E-state index in [9.17, 15) is 24.2 Å². The van der Waals surface area contributed by atoms with Crippen LogP contribution in [0.2, 0.25) is 0 Å². The Morgan fingerprint density at radius 2 is 1.46 bits per heavy atom. The Hall–Kier alpha value is -1.77. The molecule has 0 aromatic carbocycles. The Labute approximate surface area is 235 Å². The Kier molecular flexibility index (Phi) is 25.3. The molecule has 0 heterocycles. The Morgan fingerprint density at radius 3 is 2.18 bits per heavy atom. The van der Waals surface area contributed by atoms with Gasteiger partial charge in [0.05, 0.1) is 13.2 Å². The first-order chi connectivity index (χ1) is 18.8. The predicted octanol–water partition coefficient (Wildman–Crippen LogP) is 6.31. The zero-order valence-electron chi connectivity index (χ0n) is 24.1. The average molecular weight is 574 g/mol. The van der Waals surface area contributed by atoms with Crippen LogP contribution in [-0.4, -0.2) is 54.3 Å². The lowest BCUT2D eigenvalue weighted by molar-refractivity contribution is -0.147. The number of carbonyl (C=O) groups is 2. The molecule has 9 nitrogen and oxygen atoms in total. The molecule has 0 aromatic rings. The first kappa shape index (κ1) is 37.2. The highest BCUT2D eigenvalue weighted by atomic mass is 31.2. The zero-order valence-corrected chi connectivity index (χ0v) is 25.0. The smallest absolute Gasteiger partial charge is 0.463 e. The van der Waals surface area contributed by atoms with E-state index in [-0.39, 0.29) is 32.1 Å². The minimum atomic E-state index is -4.39. The maximum Gasteiger partial charge on any atom is 0.472 e. The van der Waals surface area contributed by atoms with Crippen molar-refractivity contribution in [3.05, 3.63) is 36.5 Å². The summed E-state index contributed by atoms with van der Waals surface area (Å²) in [6.45, 7) is 3.19. The summed E-state index contributed by atoms with van der Waals surface area (Å²) in [5.74, 6) is -0.565. The lowest BCUT2D eigenvalue weighted by Gasteiger charge is -2.15. The summed E-state index contributed by atoms with van der Waals surface area (Å²) >= 11 is 0. The summed E-state index contributed by atoms with van der Waals surface area (Å²) < 4.78 is 26.3. The second-order valence-corrected chi connectivity index (χ2v) is 10.8. The molecule has 0 rings (SSSR count). The van der Waals surface area contributed by atoms with E-state index in [1.165, 1.54) is 0 Å². The molecule has 1 amide bonds. The quantitative estimate of drug-likeness (QED) is 0.0475. The van der Waals surface area contributed by atoms with Gasteiger partial charge in [0, 0.05) is 19.4 Å². The zero-order chi connectivity index (χ0) is 29.0. The molecule has 0 aromatic heterocycles. The third-order valence-corrected chi connectivity index (χ3v) is 6.57. The third kappa shape index (κ3) is 27.6. The molecular formula is C29H52NO8P. The van der Waals surface area contributed by atoms with Gasteiger partial charge in [-0.15, -0.1) is 0 Å². The molecule has 0 bridgehead atoms.